The van der Waals surface area contributed by atoms with Gasteiger partial charge in [0.1, 0.15) is 0 Å². The number of allylic oxidation sites excluding steroid dienone is 4. The lowest BCUT2D eigenvalue weighted by atomic mass is 10.0. The van der Waals surface area contributed by atoms with Crippen molar-refractivity contribution in [1.82, 2.24) is 0 Å². The molecule has 0 amide bonds. The molecule has 0 saturated heterocycles. The van der Waals surface area contributed by atoms with Crippen LogP contribution in [0.1, 0.15) is 168 Å². The number of hydrogen-bond donors (Lipinski definition) is 0. The second-order valence-electron chi connectivity index (χ2n) is 9.50. The van der Waals surface area contributed by atoms with Crippen LogP contribution in [0.4, 0.5) is 0 Å². The molecule has 0 aromatic heterocycles. The third-order valence-electron chi connectivity index (χ3n) is 6.33. The van der Waals surface area contributed by atoms with Crippen molar-refractivity contribution in [3.8, 4) is 0 Å². The third kappa shape index (κ3) is 27.5. The van der Waals surface area contributed by atoms with E-state index in [-0.39, 0.29) is 0 Å². The number of rotatable bonds is 25. The van der Waals surface area contributed by atoms with Crippen molar-refractivity contribution in [2.24, 2.45) is 0 Å². The molecule has 0 bridgehead atoms. The van der Waals surface area contributed by atoms with Crippen LogP contribution in [0, 0.1) is 0 Å². The molecule has 0 rings (SSSR count). The van der Waals surface area contributed by atoms with Gasteiger partial charge in [0.05, 0.1) is 0 Å². The van der Waals surface area contributed by atoms with E-state index in [2.05, 4.69) is 38.2 Å². The molecular weight excluding hydrogens is 360 g/mol. The Hall–Kier alpha value is -0.520. The summed E-state index contributed by atoms with van der Waals surface area (Å²) in [6.07, 6.45) is 43.4. The Morgan fingerprint density at radius 3 is 0.800 bits per heavy atom. The normalized spacial score (nSPS) is 11.9. The van der Waals surface area contributed by atoms with Crippen LogP contribution in [0.2, 0.25) is 0 Å². The van der Waals surface area contributed by atoms with E-state index in [0.29, 0.717) is 0 Å². The topological polar surface area (TPSA) is 0 Å². The second kappa shape index (κ2) is 28.5. The van der Waals surface area contributed by atoms with Crippen molar-refractivity contribution in [3.63, 3.8) is 0 Å². The van der Waals surface area contributed by atoms with Gasteiger partial charge in [0.2, 0.25) is 0 Å². The van der Waals surface area contributed by atoms with Crippen LogP contribution >= 0.6 is 0 Å². The Kier molecular flexibility index (Phi) is 28.0. The standard InChI is InChI=1S/C30H58/c1-3-5-7-9-11-13-15-17-19-21-23-25-27-29-30-28-26-24-22-20-18-16-14-12-10-8-6-4-2/h25,27,29-30H,3-24,26,28H2,1-2H3. The molecule has 30 heavy (non-hydrogen) atoms. The lowest BCUT2D eigenvalue weighted by molar-refractivity contribution is 0.545. The Morgan fingerprint density at radius 1 is 0.300 bits per heavy atom. The van der Waals surface area contributed by atoms with Gasteiger partial charge in [0.15, 0.2) is 0 Å². The molecule has 0 aliphatic rings. The maximum atomic E-state index is 2.37. The highest BCUT2D eigenvalue weighted by molar-refractivity contribution is 5.02. The molecule has 0 aromatic carbocycles. The van der Waals surface area contributed by atoms with E-state index in [1.165, 1.54) is 154 Å². The molecule has 0 aliphatic carbocycles. The third-order valence-corrected chi connectivity index (χ3v) is 6.33. The zero-order valence-corrected chi connectivity index (χ0v) is 21.3. The fraction of sp³-hybridized carbons (Fsp3) is 0.867. The van der Waals surface area contributed by atoms with Gasteiger partial charge in [-0.2, -0.15) is 0 Å². The van der Waals surface area contributed by atoms with E-state index >= 15 is 0 Å². The van der Waals surface area contributed by atoms with Crippen molar-refractivity contribution >= 4 is 0 Å². The van der Waals surface area contributed by atoms with Crippen molar-refractivity contribution in [3.05, 3.63) is 24.3 Å². The van der Waals surface area contributed by atoms with Gasteiger partial charge < -0.3 is 0 Å². The Labute approximate surface area is 192 Å². The summed E-state index contributed by atoms with van der Waals surface area (Å²) in [6.45, 7) is 4.59. The van der Waals surface area contributed by atoms with Gasteiger partial charge in [0, 0.05) is 0 Å². The first-order valence-electron chi connectivity index (χ1n) is 14.2. The van der Waals surface area contributed by atoms with Crippen LogP contribution in [0.3, 0.4) is 0 Å². The monoisotopic (exact) mass is 418 g/mol. The zero-order valence-electron chi connectivity index (χ0n) is 21.3. The van der Waals surface area contributed by atoms with Crippen LogP contribution in [0.25, 0.3) is 0 Å². The van der Waals surface area contributed by atoms with Gasteiger partial charge in [0.25, 0.3) is 0 Å². The number of hydrogen-bond acceptors (Lipinski definition) is 0. The van der Waals surface area contributed by atoms with E-state index in [4.69, 9.17) is 0 Å². The molecule has 0 aliphatic heterocycles. The van der Waals surface area contributed by atoms with E-state index < -0.39 is 0 Å². The van der Waals surface area contributed by atoms with Gasteiger partial charge in [-0.3, -0.25) is 0 Å². The summed E-state index contributed by atoms with van der Waals surface area (Å²) in [5.41, 5.74) is 0. The van der Waals surface area contributed by atoms with Gasteiger partial charge in [-0.1, -0.05) is 167 Å². The van der Waals surface area contributed by atoms with Gasteiger partial charge in [-0.15, -0.1) is 0 Å². The van der Waals surface area contributed by atoms with Crippen LogP contribution in [-0.4, -0.2) is 0 Å². The minimum Gasteiger partial charge on any atom is -0.0845 e. The first-order valence-corrected chi connectivity index (χ1v) is 14.2. The average Bonchev–Trinajstić information content (AvgIpc) is 2.76. The van der Waals surface area contributed by atoms with Crippen molar-refractivity contribution in [2.45, 2.75) is 168 Å². The van der Waals surface area contributed by atoms with Crippen molar-refractivity contribution in [1.29, 1.82) is 0 Å². The molecule has 0 spiro atoms. The first kappa shape index (κ1) is 29.5. The fourth-order valence-corrected chi connectivity index (χ4v) is 4.20. The quantitative estimate of drug-likeness (QED) is 0.102. The highest BCUT2D eigenvalue weighted by atomic mass is 14.0. The SMILES string of the molecule is CCCCCCCCCCCCC=CC=CCCCCCCCCCCCCCC. The summed E-state index contributed by atoms with van der Waals surface area (Å²) >= 11 is 0. The second-order valence-corrected chi connectivity index (χ2v) is 9.50. The zero-order chi connectivity index (χ0) is 21.8. The molecule has 178 valence electrons. The molecular formula is C30H58. The van der Waals surface area contributed by atoms with Crippen LogP contribution < -0.4 is 0 Å². The molecule has 0 heterocycles. The fourth-order valence-electron chi connectivity index (χ4n) is 4.20. The first-order chi connectivity index (χ1) is 14.9. The van der Waals surface area contributed by atoms with Crippen LogP contribution in [0.5, 0.6) is 0 Å². The summed E-state index contributed by atoms with van der Waals surface area (Å²) < 4.78 is 0. The predicted octanol–water partition coefficient (Wildman–Crippen LogP) is 11.5. The predicted molar refractivity (Wildman–Crippen MR) is 140 cm³/mol. The molecule has 0 N–H and O–H groups in total. The van der Waals surface area contributed by atoms with Crippen molar-refractivity contribution < 1.29 is 0 Å². The molecule has 0 heteroatoms. The van der Waals surface area contributed by atoms with Gasteiger partial charge in [-0.25, -0.2) is 0 Å². The lowest BCUT2D eigenvalue weighted by Crippen LogP contribution is -1.82. The smallest absolute Gasteiger partial charge is 0.0348 e. The molecule has 0 fully saturated rings. The maximum Gasteiger partial charge on any atom is -0.0348 e. The minimum absolute atomic E-state index is 1.26. The number of unbranched alkanes of at least 4 members (excludes halogenated alkanes) is 22. The van der Waals surface area contributed by atoms with Gasteiger partial charge >= 0.3 is 0 Å². The molecule has 0 nitrogen and oxygen atoms in total. The van der Waals surface area contributed by atoms with E-state index in [1.807, 2.05) is 0 Å². The summed E-state index contributed by atoms with van der Waals surface area (Å²) in [5, 5.41) is 0. The highest BCUT2D eigenvalue weighted by Crippen LogP contribution is 2.13. The largest absolute Gasteiger partial charge is 0.0845 e. The van der Waals surface area contributed by atoms with Crippen LogP contribution in [-0.2, 0) is 0 Å². The summed E-state index contributed by atoms with van der Waals surface area (Å²) in [4.78, 5) is 0. The van der Waals surface area contributed by atoms with Gasteiger partial charge in [-0.05, 0) is 25.7 Å². The summed E-state index contributed by atoms with van der Waals surface area (Å²) in [7, 11) is 0. The maximum absolute atomic E-state index is 2.37. The van der Waals surface area contributed by atoms with Crippen molar-refractivity contribution in [2.75, 3.05) is 0 Å². The van der Waals surface area contributed by atoms with E-state index in [1.54, 1.807) is 0 Å². The Bertz CT molecular complexity index is 338. The van der Waals surface area contributed by atoms with Crippen LogP contribution in [0.15, 0.2) is 24.3 Å². The van der Waals surface area contributed by atoms with E-state index in [0.717, 1.165) is 0 Å². The molecule has 0 radical (unpaired) electrons. The Morgan fingerprint density at radius 2 is 0.533 bits per heavy atom. The summed E-state index contributed by atoms with van der Waals surface area (Å²) in [6, 6.07) is 0. The van der Waals surface area contributed by atoms with E-state index in [9.17, 15) is 0 Å². The molecule has 0 saturated carbocycles. The molecule has 0 aromatic rings. The average molecular weight is 419 g/mol. The molecule has 0 atom stereocenters. The summed E-state index contributed by atoms with van der Waals surface area (Å²) in [5.74, 6) is 0. The minimum atomic E-state index is 1.26. The highest BCUT2D eigenvalue weighted by Gasteiger charge is 1.93. The molecule has 0 unspecified atom stereocenters. The lowest BCUT2D eigenvalue weighted by Gasteiger charge is -2.02. The Balaban J connectivity index is 3.14.